The van der Waals surface area contributed by atoms with Crippen LogP contribution in [0.3, 0.4) is 0 Å². The SMILES string of the molecule is O=C(CC[C@H]1C(=O)N(c2ccc(F)cc2)[C@@H]1c1ccc(OCc2ccccc2)cc1)c1ccccc1. The zero-order valence-corrected chi connectivity index (χ0v) is 19.7. The van der Waals surface area contributed by atoms with Gasteiger partial charge in [-0.15, -0.1) is 0 Å². The standard InChI is InChI=1S/C31H26FNO3/c32-25-13-15-26(16-14-25)33-30(28(31(33)35)19-20-29(34)23-9-5-2-6-10-23)24-11-17-27(18-12-24)36-21-22-7-3-1-4-8-22/h1-18,28,30H,19-21H2/t28-,30-/m1/s1. The fraction of sp³-hybridized carbons (Fsp3) is 0.161. The van der Waals surface area contributed by atoms with Crippen molar-refractivity contribution in [3.8, 4) is 5.75 Å². The second-order valence-electron chi connectivity index (χ2n) is 8.91. The topological polar surface area (TPSA) is 46.6 Å². The van der Waals surface area contributed by atoms with E-state index in [-0.39, 0.29) is 35.9 Å². The van der Waals surface area contributed by atoms with Crippen LogP contribution in [0.15, 0.2) is 109 Å². The van der Waals surface area contributed by atoms with E-state index in [2.05, 4.69) is 0 Å². The third-order valence-corrected chi connectivity index (χ3v) is 6.57. The average molecular weight is 480 g/mol. The Balaban J connectivity index is 1.33. The van der Waals surface area contributed by atoms with E-state index in [1.54, 1.807) is 29.2 Å². The summed E-state index contributed by atoms with van der Waals surface area (Å²) in [6.45, 7) is 0.466. The Morgan fingerprint density at radius 1 is 0.806 bits per heavy atom. The summed E-state index contributed by atoms with van der Waals surface area (Å²) in [4.78, 5) is 27.6. The van der Waals surface area contributed by atoms with E-state index in [9.17, 15) is 14.0 Å². The average Bonchev–Trinajstić information content (AvgIpc) is 2.93. The number of hydrogen-bond donors (Lipinski definition) is 0. The molecule has 1 heterocycles. The maximum Gasteiger partial charge on any atom is 0.233 e. The summed E-state index contributed by atoms with van der Waals surface area (Å²) in [7, 11) is 0. The first-order chi connectivity index (χ1) is 17.6. The van der Waals surface area contributed by atoms with Crippen molar-refractivity contribution in [3.63, 3.8) is 0 Å². The van der Waals surface area contributed by atoms with E-state index in [0.717, 1.165) is 16.9 Å². The number of benzene rings is 4. The number of hydrogen-bond acceptors (Lipinski definition) is 3. The number of rotatable bonds is 9. The van der Waals surface area contributed by atoms with Gasteiger partial charge in [0, 0.05) is 17.7 Å². The lowest BCUT2D eigenvalue weighted by Gasteiger charge is -2.47. The van der Waals surface area contributed by atoms with E-state index >= 15 is 0 Å². The van der Waals surface area contributed by atoms with Crippen LogP contribution in [0.1, 0.15) is 40.4 Å². The summed E-state index contributed by atoms with van der Waals surface area (Å²) < 4.78 is 19.4. The summed E-state index contributed by atoms with van der Waals surface area (Å²) in [5, 5.41) is 0. The lowest BCUT2D eigenvalue weighted by molar-refractivity contribution is -0.130. The van der Waals surface area contributed by atoms with Crippen molar-refractivity contribution < 1.29 is 18.7 Å². The van der Waals surface area contributed by atoms with E-state index in [1.165, 1.54) is 12.1 Å². The van der Waals surface area contributed by atoms with E-state index < -0.39 is 0 Å². The van der Waals surface area contributed by atoms with Gasteiger partial charge in [-0.1, -0.05) is 72.8 Å². The molecule has 36 heavy (non-hydrogen) atoms. The maximum atomic E-state index is 13.5. The van der Waals surface area contributed by atoms with Crippen molar-refractivity contribution in [2.45, 2.75) is 25.5 Å². The molecule has 0 aromatic heterocycles. The fourth-order valence-electron chi connectivity index (χ4n) is 4.66. The van der Waals surface area contributed by atoms with Crippen molar-refractivity contribution in [2.75, 3.05) is 4.90 Å². The van der Waals surface area contributed by atoms with Crippen LogP contribution in [-0.2, 0) is 11.4 Å². The zero-order chi connectivity index (χ0) is 24.9. The number of ketones is 1. The fourth-order valence-corrected chi connectivity index (χ4v) is 4.66. The molecule has 4 nitrogen and oxygen atoms in total. The van der Waals surface area contributed by atoms with Crippen molar-refractivity contribution in [3.05, 3.63) is 132 Å². The molecule has 0 spiro atoms. The van der Waals surface area contributed by atoms with Gasteiger partial charge in [-0.25, -0.2) is 4.39 Å². The molecule has 5 heteroatoms. The Labute approximate surface area is 210 Å². The summed E-state index contributed by atoms with van der Waals surface area (Å²) >= 11 is 0. The Hall–Kier alpha value is -4.25. The van der Waals surface area contributed by atoms with E-state index in [1.807, 2.05) is 72.8 Å². The Kier molecular flexibility index (Phi) is 6.89. The first kappa shape index (κ1) is 23.5. The molecule has 0 N–H and O–H groups in total. The maximum absolute atomic E-state index is 13.5. The van der Waals surface area contributed by atoms with Crippen LogP contribution >= 0.6 is 0 Å². The number of anilines is 1. The Morgan fingerprint density at radius 2 is 1.44 bits per heavy atom. The molecule has 1 saturated heterocycles. The molecule has 0 bridgehead atoms. The highest BCUT2D eigenvalue weighted by atomic mass is 19.1. The molecule has 4 aromatic rings. The second kappa shape index (κ2) is 10.6. The minimum atomic E-state index is -0.354. The quantitative estimate of drug-likeness (QED) is 0.197. The smallest absolute Gasteiger partial charge is 0.233 e. The number of carbonyl (C=O) groups is 2. The lowest BCUT2D eigenvalue weighted by atomic mass is 9.78. The highest BCUT2D eigenvalue weighted by molar-refractivity contribution is 6.04. The van der Waals surface area contributed by atoms with Crippen molar-refractivity contribution in [1.29, 1.82) is 0 Å². The van der Waals surface area contributed by atoms with Crippen LogP contribution in [0, 0.1) is 11.7 Å². The first-order valence-electron chi connectivity index (χ1n) is 12.0. The van der Waals surface area contributed by atoms with Crippen LogP contribution in [0.4, 0.5) is 10.1 Å². The number of β-lactam (4-membered cyclic amide) rings is 1. The molecule has 5 rings (SSSR count). The number of halogens is 1. The predicted octanol–water partition coefficient (Wildman–Crippen LogP) is 6.77. The van der Waals surface area contributed by atoms with Gasteiger partial charge in [0.05, 0.1) is 12.0 Å². The van der Waals surface area contributed by atoms with Crippen molar-refractivity contribution in [1.82, 2.24) is 0 Å². The highest BCUT2D eigenvalue weighted by Gasteiger charge is 2.48. The molecule has 0 unspecified atom stereocenters. The van der Waals surface area contributed by atoms with E-state index in [0.29, 0.717) is 24.3 Å². The summed E-state index contributed by atoms with van der Waals surface area (Å²) in [6.07, 6.45) is 0.730. The van der Waals surface area contributed by atoms with Gasteiger partial charge >= 0.3 is 0 Å². The molecular weight excluding hydrogens is 453 g/mol. The van der Waals surface area contributed by atoms with Gasteiger partial charge in [-0.3, -0.25) is 9.59 Å². The van der Waals surface area contributed by atoms with Gasteiger partial charge in [0.25, 0.3) is 0 Å². The van der Waals surface area contributed by atoms with Crippen molar-refractivity contribution in [2.24, 2.45) is 5.92 Å². The third kappa shape index (κ3) is 5.05. The van der Waals surface area contributed by atoms with Gasteiger partial charge in [0.2, 0.25) is 5.91 Å². The minimum Gasteiger partial charge on any atom is -0.489 e. The monoisotopic (exact) mass is 479 g/mol. The Morgan fingerprint density at radius 3 is 2.11 bits per heavy atom. The number of nitrogens with zero attached hydrogens (tertiary/aromatic N) is 1. The van der Waals surface area contributed by atoms with Gasteiger partial charge in [0.15, 0.2) is 5.78 Å². The number of carbonyl (C=O) groups excluding carboxylic acids is 2. The number of ether oxygens (including phenoxy) is 1. The van der Waals surface area contributed by atoms with Crippen LogP contribution in [-0.4, -0.2) is 11.7 Å². The molecule has 0 saturated carbocycles. The predicted molar refractivity (Wildman–Crippen MR) is 137 cm³/mol. The van der Waals surface area contributed by atoms with Gasteiger partial charge in [-0.2, -0.15) is 0 Å². The molecule has 1 amide bonds. The first-order valence-corrected chi connectivity index (χ1v) is 12.0. The second-order valence-corrected chi connectivity index (χ2v) is 8.91. The number of Topliss-reactive ketones (excluding diaryl/α,β-unsaturated/α-hetero) is 1. The molecule has 4 aromatic carbocycles. The van der Waals surface area contributed by atoms with E-state index in [4.69, 9.17) is 4.74 Å². The van der Waals surface area contributed by atoms with Gasteiger partial charge < -0.3 is 9.64 Å². The Bertz CT molecular complexity index is 1320. The van der Waals surface area contributed by atoms with Gasteiger partial charge in [0.1, 0.15) is 18.2 Å². The van der Waals surface area contributed by atoms with Crippen LogP contribution in [0.5, 0.6) is 5.75 Å². The summed E-state index contributed by atoms with van der Waals surface area (Å²) in [5.74, 6) is 0.00769. The molecule has 2 atom stereocenters. The van der Waals surface area contributed by atoms with Crippen LogP contribution < -0.4 is 9.64 Å². The number of amides is 1. The molecular formula is C31H26FNO3. The molecule has 1 aliphatic rings. The van der Waals surface area contributed by atoms with Crippen LogP contribution in [0.25, 0.3) is 0 Å². The molecule has 0 radical (unpaired) electrons. The summed E-state index contributed by atoms with van der Waals surface area (Å²) in [6, 6.07) is 32.5. The minimum absolute atomic E-state index is 0.0204. The third-order valence-electron chi connectivity index (χ3n) is 6.57. The normalized spacial score (nSPS) is 16.9. The molecule has 0 aliphatic carbocycles. The molecule has 1 aliphatic heterocycles. The van der Waals surface area contributed by atoms with Gasteiger partial charge in [-0.05, 0) is 53.9 Å². The zero-order valence-electron chi connectivity index (χ0n) is 19.7. The largest absolute Gasteiger partial charge is 0.489 e. The lowest BCUT2D eigenvalue weighted by Crippen LogP contribution is -2.55. The van der Waals surface area contributed by atoms with Crippen LogP contribution in [0.2, 0.25) is 0 Å². The highest BCUT2D eigenvalue weighted by Crippen LogP contribution is 2.46. The summed E-state index contributed by atoms with van der Waals surface area (Å²) in [5.41, 5.74) is 3.32. The molecule has 1 fully saturated rings. The van der Waals surface area contributed by atoms with Crippen molar-refractivity contribution >= 4 is 17.4 Å². The molecule has 180 valence electrons.